The Morgan fingerprint density at radius 1 is 1.22 bits per heavy atom. The van der Waals surface area contributed by atoms with Crippen LogP contribution in [-0.2, 0) is 11.0 Å². The smallest absolute Gasteiger partial charge is 0.416 e. The lowest BCUT2D eigenvalue weighted by atomic mass is 9.78. The Hall–Kier alpha value is -3.06. The van der Waals surface area contributed by atoms with E-state index in [1.54, 1.807) is 11.8 Å². The van der Waals surface area contributed by atoms with Gasteiger partial charge in [0.2, 0.25) is 0 Å². The van der Waals surface area contributed by atoms with Crippen molar-refractivity contribution in [3.63, 3.8) is 0 Å². The second kappa shape index (κ2) is 11.1. The van der Waals surface area contributed by atoms with Gasteiger partial charge in [0, 0.05) is 24.6 Å². The Morgan fingerprint density at radius 3 is 2.46 bits per heavy atom. The van der Waals surface area contributed by atoms with Crippen molar-refractivity contribution < 1.29 is 40.6 Å². The molecule has 1 unspecified atom stereocenters. The van der Waals surface area contributed by atoms with Crippen molar-refractivity contribution in [1.29, 1.82) is 0 Å². The Kier molecular flexibility index (Phi) is 8.58. The maximum Gasteiger partial charge on any atom is 0.416 e. The molecule has 1 aliphatic carbocycles. The van der Waals surface area contributed by atoms with Crippen molar-refractivity contribution in [1.82, 2.24) is 4.90 Å². The second-order valence-electron chi connectivity index (χ2n) is 9.40. The third-order valence-electron chi connectivity index (χ3n) is 6.59. The van der Waals surface area contributed by atoms with Crippen LogP contribution in [0.2, 0.25) is 0 Å². The summed E-state index contributed by atoms with van der Waals surface area (Å²) in [6.07, 6.45) is -5.45. The second-order valence-corrected chi connectivity index (χ2v) is 9.40. The topological polar surface area (TPSA) is 40.5 Å². The van der Waals surface area contributed by atoms with Gasteiger partial charge in [-0.2, -0.15) is 26.3 Å². The van der Waals surface area contributed by atoms with E-state index in [-0.39, 0.29) is 37.3 Å². The summed E-state index contributed by atoms with van der Waals surface area (Å²) in [6.45, 7) is 5.43. The van der Waals surface area contributed by atoms with Gasteiger partial charge in [-0.05, 0) is 61.8 Å². The fourth-order valence-corrected chi connectivity index (χ4v) is 4.86. The van der Waals surface area contributed by atoms with Crippen molar-refractivity contribution in [2.24, 2.45) is 11.8 Å². The lowest BCUT2D eigenvalue weighted by Crippen LogP contribution is -2.48. The zero-order chi connectivity index (χ0) is 27.5. The largest absolute Gasteiger partial charge is 0.481 e. The SMILES string of the molecule is C=C(C)C#C[C@@H](c1cc(C(F)(F)F)ccc1F)N1CC[C@H](CC(=O)O)C[C@@H]1C1C=CC(C(F)(F)F)=CC1. The van der Waals surface area contributed by atoms with Crippen molar-refractivity contribution in [2.75, 3.05) is 6.54 Å². The van der Waals surface area contributed by atoms with Crippen LogP contribution < -0.4 is 0 Å². The molecule has 3 rings (SSSR count). The van der Waals surface area contributed by atoms with Gasteiger partial charge < -0.3 is 5.11 Å². The number of alkyl halides is 6. The van der Waals surface area contributed by atoms with Gasteiger partial charge in [0.05, 0.1) is 11.1 Å². The molecule has 0 aromatic heterocycles. The van der Waals surface area contributed by atoms with Gasteiger partial charge >= 0.3 is 18.3 Å². The number of benzene rings is 1. The molecule has 1 saturated heterocycles. The van der Waals surface area contributed by atoms with Crippen LogP contribution in [0, 0.1) is 29.5 Å². The number of carboxylic acids is 1. The summed E-state index contributed by atoms with van der Waals surface area (Å²) >= 11 is 0. The number of carbonyl (C=O) groups is 1. The van der Waals surface area contributed by atoms with Gasteiger partial charge in [-0.25, -0.2) is 4.39 Å². The number of hydrogen-bond donors (Lipinski definition) is 1. The van der Waals surface area contributed by atoms with Crippen LogP contribution in [0.4, 0.5) is 30.7 Å². The predicted molar refractivity (Wildman–Crippen MR) is 124 cm³/mol. The predicted octanol–water partition coefficient (Wildman–Crippen LogP) is 7.09. The molecule has 0 bridgehead atoms. The monoisotopic (exact) mass is 529 g/mol. The minimum Gasteiger partial charge on any atom is -0.481 e. The van der Waals surface area contributed by atoms with Crippen molar-refractivity contribution >= 4 is 5.97 Å². The first kappa shape index (κ1) is 28.5. The Morgan fingerprint density at radius 2 is 1.92 bits per heavy atom. The van der Waals surface area contributed by atoms with E-state index in [2.05, 4.69) is 18.4 Å². The average molecular weight is 529 g/mol. The van der Waals surface area contributed by atoms with E-state index in [9.17, 15) is 40.6 Å². The standard InChI is InChI=1S/C27H26F7NO2/c1-16(2)3-10-23(21-15-20(27(32,33)34)8-9-22(21)28)35-12-11-17(14-25(36)37)13-24(35)18-4-6-19(7-5-18)26(29,30)31/h4,6-9,15,17-18,23-24H,1,5,11-14H2,2H3,(H,36,37)/t17-,18?,23-,24+/m0/s1. The van der Waals surface area contributed by atoms with Gasteiger partial charge in [-0.15, -0.1) is 0 Å². The first-order valence-corrected chi connectivity index (χ1v) is 11.6. The fraction of sp³-hybridized carbons (Fsp3) is 0.444. The zero-order valence-corrected chi connectivity index (χ0v) is 20.0. The molecule has 1 fully saturated rings. The lowest BCUT2D eigenvalue weighted by molar-refractivity contribution is -0.139. The molecule has 37 heavy (non-hydrogen) atoms. The summed E-state index contributed by atoms with van der Waals surface area (Å²) in [6, 6.07) is 0.311. The highest BCUT2D eigenvalue weighted by molar-refractivity contribution is 5.67. The zero-order valence-electron chi connectivity index (χ0n) is 20.0. The van der Waals surface area contributed by atoms with Crippen LogP contribution in [0.3, 0.4) is 0 Å². The number of halogens is 7. The molecule has 1 aliphatic heterocycles. The van der Waals surface area contributed by atoms with E-state index in [0.717, 1.165) is 18.2 Å². The minimum atomic E-state index is -4.73. The molecule has 3 nitrogen and oxygen atoms in total. The summed E-state index contributed by atoms with van der Waals surface area (Å²) in [7, 11) is 0. The third-order valence-corrected chi connectivity index (χ3v) is 6.59. The maximum atomic E-state index is 15.0. The number of allylic oxidation sites excluding steroid dienone is 4. The molecule has 1 aromatic carbocycles. The minimum absolute atomic E-state index is 0.0159. The molecule has 0 spiro atoms. The molecule has 1 aromatic rings. The van der Waals surface area contributed by atoms with E-state index in [1.165, 1.54) is 6.08 Å². The average Bonchev–Trinajstić information content (AvgIpc) is 2.79. The molecular weight excluding hydrogens is 503 g/mol. The summed E-state index contributed by atoms with van der Waals surface area (Å²) in [4.78, 5) is 13.0. The lowest BCUT2D eigenvalue weighted by Gasteiger charge is -2.45. The maximum absolute atomic E-state index is 15.0. The summed E-state index contributed by atoms with van der Waals surface area (Å²) in [5.74, 6) is 2.78. The third kappa shape index (κ3) is 7.25. The quantitative estimate of drug-likeness (QED) is 0.327. The first-order chi connectivity index (χ1) is 17.2. The molecule has 1 heterocycles. The van der Waals surface area contributed by atoms with Crippen LogP contribution in [0.25, 0.3) is 0 Å². The molecule has 0 radical (unpaired) electrons. The number of hydrogen-bond acceptors (Lipinski definition) is 2. The van der Waals surface area contributed by atoms with Crippen LogP contribution in [0.15, 0.2) is 54.2 Å². The molecule has 200 valence electrons. The van der Waals surface area contributed by atoms with Crippen molar-refractivity contribution in [3.8, 4) is 11.8 Å². The highest BCUT2D eigenvalue weighted by Gasteiger charge is 2.41. The highest BCUT2D eigenvalue weighted by Crippen LogP contribution is 2.41. The van der Waals surface area contributed by atoms with E-state index in [1.807, 2.05) is 0 Å². The summed E-state index contributed by atoms with van der Waals surface area (Å²) < 4.78 is 94.7. The van der Waals surface area contributed by atoms with Crippen molar-refractivity contribution in [3.05, 3.63) is 71.1 Å². The van der Waals surface area contributed by atoms with Gasteiger partial charge in [-0.1, -0.05) is 36.6 Å². The molecule has 0 saturated carbocycles. The van der Waals surface area contributed by atoms with Crippen LogP contribution in [-0.4, -0.2) is 34.7 Å². The number of nitrogens with zero attached hydrogens (tertiary/aromatic N) is 1. The van der Waals surface area contributed by atoms with Crippen LogP contribution >= 0.6 is 0 Å². The highest BCUT2D eigenvalue weighted by atomic mass is 19.4. The summed E-state index contributed by atoms with van der Waals surface area (Å²) in [5, 5.41) is 9.28. The van der Waals surface area contributed by atoms with E-state index in [4.69, 9.17) is 0 Å². The molecule has 1 N–H and O–H groups in total. The molecule has 4 atom stereocenters. The van der Waals surface area contributed by atoms with E-state index >= 15 is 0 Å². The number of aliphatic carboxylic acids is 1. The van der Waals surface area contributed by atoms with Gasteiger partial charge in [0.1, 0.15) is 11.9 Å². The number of carboxylic acid groups (broad SMARTS) is 1. The molecular formula is C27H26F7NO2. The molecule has 10 heteroatoms. The number of rotatable bonds is 5. The molecule has 0 amide bonds. The van der Waals surface area contributed by atoms with Crippen LogP contribution in [0.1, 0.15) is 49.8 Å². The van der Waals surface area contributed by atoms with Crippen LogP contribution in [0.5, 0.6) is 0 Å². The van der Waals surface area contributed by atoms with E-state index < -0.39 is 53.3 Å². The van der Waals surface area contributed by atoms with Gasteiger partial charge in [0.15, 0.2) is 0 Å². The fourth-order valence-electron chi connectivity index (χ4n) is 4.86. The van der Waals surface area contributed by atoms with Crippen molar-refractivity contribution in [2.45, 2.75) is 57.0 Å². The van der Waals surface area contributed by atoms with Gasteiger partial charge in [0.25, 0.3) is 0 Å². The number of piperidine rings is 1. The first-order valence-electron chi connectivity index (χ1n) is 11.6. The van der Waals surface area contributed by atoms with Gasteiger partial charge in [-0.3, -0.25) is 9.69 Å². The number of likely N-dealkylation sites (tertiary alicyclic amines) is 1. The Labute approximate surface area is 210 Å². The normalized spacial score (nSPS) is 23.6. The van der Waals surface area contributed by atoms with E-state index in [0.29, 0.717) is 24.1 Å². The summed E-state index contributed by atoms with van der Waals surface area (Å²) in [5.41, 5.74) is -1.78. The Balaban J connectivity index is 2.06. The molecule has 2 aliphatic rings. The Bertz CT molecular complexity index is 1150.